The third kappa shape index (κ3) is 5.01. The number of fused-ring (bicyclic) bond motifs is 1. The van der Waals surface area contributed by atoms with Crippen LogP contribution in [-0.2, 0) is 20.7 Å². The molecule has 0 unspecified atom stereocenters. The fraction of sp³-hybridized carbons (Fsp3) is 0.471. The molecule has 2 aromatic rings. The van der Waals surface area contributed by atoms with Crippen molar-refractivity contribution in [1.29, 1.82) is 0 Å². The SMILES string of the molecule is CC.CC.CCOC(Cc1nc2ccccc2s1)(C(=O)O)C(=O)O. The van der Waals surface area contributed by atoms with E-state index in [1.807, 2.05) is 45.9 Å². The maximum atomic E-state index is 11.3. The molecule has 0 saturated carbocycles. The summed E-state index contributed by atoms with van der Waals surface area (Å²) < 4.78 is 5.90. The zero-order valence-corrected chi connectivity index (χ0v) is 15.5. The second kappa shape index (κ2) is 10.7. The van der Waals surface area contributed by atoms with Crippen LogP contribution in [0, 0.1) is 0 Å². The third-order valence-electron chi connectivity index (χ3n) is 2.82. The van der Waals surface area contributed by atoms with Crippen molar-refractivity contribution in [2.45, 2.75) is 46.6 Å². The number of hydrogen-bond acceptors (Lipinski definition) is 5. The predicted molar refractivity (Wildman–Crippen MR) is 95.6 cm³/mol. The summed E-state index contributed by atoms with van der Waals surface area (Å²) in [5.74, 6) is -3.04. The van der Waals surface area contributed by atoms with Crippen LogP contribution in [0.1, 0.15) is 39.6 Å². The van der Waals surface area contributed by atoms with E-state index in [1.54, 1.807) is 13.0 Å². The predicted octanol–water partition coefficient (Wildman–Crippen LogP) is 3.84. The van der Waals surface area contributed by atoms with Crippen LogP contribution in [-0.4, -0.2) is 39.3 Å². The number of aromatic nitrogens is 1. The molecule has 24 heavy (non-hydrogen) atoms. The van der Waals surface area contributed by atoms with E-state index in [-0.39, 0.29) is 13.0 Å². The van der Waals surface area contributed by atoms with Gasteiger partial charge in [0.2, 0.25) is 0 Å². The van der Waals surface area contributed by atoms with E-state index >= 15 is 0 Å². The molecule has 7 heteroatoms. The van der Waals surface area contributed by atoms with E-state index in [9.17, 15) is 19.8 Å². The highest BCUT2D eigenvalue weighted by atomic mass is 32.1. The van der Waals surface area contributed by atoms with Crippen molar-refractivity contribution in [3.05, 3.63) is 29.3 Å². The first kappa shape index (κ1) is 22.0. The average molecular weight is 355 g/mol. The molecule has 2 rings (SSSR count). The standard InChI is InChI=1S/C13H13NO5S.2C2H6/c1-2-19-13(11(15)16,12(17)18)7-10-14-8-5-3-4-6-9(8)20-10;2*1-2/h3-6H,2,7H2,1H3,(H,15,16)(H,17,18);2*1-2H3. The summed E-state index contributed by atoms with van der Waals surface area (Å²) in [6, 6.07) is 7.30. The summed E-state index contributed by atoms with van der Waals surface area (Å²) in [4.78, 5) is 26.9. The zero-order valence-electron chi connectivity index (χ0n) is 14.7. The third-order valence-corrected chi connectivity index (χ3v) is 3.86. The maximum absolute atomic E-state index is 11.3. The van der Waals surface area contributed by atoms with Crippen LogP contribution in [0.15, 0.2) is 24.3 Å². The molecule has 134 valence electrons. The lowest BCUT2D eigenvalue weighted by Crippen LogP contribution is -2.51. The lowest BCUT2D eigenvalue weighted by molar-refractivity contribution is -0.182. The molecule has 0 saturated heterocycles. The van der Waals surface area contributed by atoms with Gasteiger partial charge in [-0.05, 0) is 19.1 Å². The molecule has 0 atom stereocenters. The summed E-state index contributed by atoms with van der Waals surface area (Å²) >= 11 is 1.27. The van der Waals surface area contributed by atoms with Crippen molar-refractivity contribution < 1.29 is 24.5 Å². The van der Waals surface area contributed by atoms with Gasteiger partial charge in [-0.2, -0.15) is 0 Å². The minimum Gasteiger partial charge on any atom is -0.479 e. The number of benzene rings is 1. The van der Waals surface area contributed by atoms with E-state index in [0.717, 1.165) is 4.70 Å². The van der Waals surface area contributed by atoms with Crippen LogP contribution in [0.2, 0.25) is 0 Å². The van der Waals surface area contributed by atoms with Gasteiger partial charge in [0.05, 0.1) is 21.6 Å². The van der Waals surface area contributed by atoms with Crippen molar-refractivity contribution in [3.63, 3.8) is 0 Å². The number of hydrogen-bond donors (Lipinski definition) is 2. The number of aliphatic carboxylic acids is 2. The minimum atomic E-state index is -2.29. The van der Waals surface area contributed by atoms with Crippen molar-refractivity contribution >= 4 is 33.5 Å². The first-order valence-electron chi connectivity index (χ1n) is 7.95. The largest absolute Gasteiger partial charge is 0.479 e. The summed E-state index contributed by atoms with van der Waals surface area (Å²) in [7, 11) is 0. The Morgan fingerprint density at radius 3 is 2.12 bits per heavy atom. The van der Waals surface area contributed by atoms with Gasteiger partial charge in [0, 0.05) is 6.61 Å². The van der Waals surface area contributed by atoms with E-state index < -0.39 is 17.5 Å². The summed E-state index contributed by atoms with van der Waals surface area (Å²) in [5, 5.41) is 18.9. The Morgan fingerprint density at radius 1 is 1.12 bits per heavy atom. The quantitative estimate of drug-likeness (QED) is 0.764. The van der Waals surface area contributed by atoms with Gasteiger partial charge in [-0.25, -0.2) is 14.6 Å². The molecule has 0 bridgehead atoms. The number of carboxylic acids is 2. The van der Waals surface area contributed by atoms with E-state index in [2.05, 4.69) is 4.98 Å². The van der Waals surface area contributed by atoms with Crippen LogP contribution in [0.4, 0.5) is 0 Å². The Balaban J connectivity index is 0.00000123. The Hall–Kier alpha value is -1.99. The Kier molecular flexibility index (Phi) is 9.83. The van der Waals surface area contributed by atoms with Gasteiger partial charge in [-0.15, -0.1) is 11.3 Å². The molecule has 6 nitrogen and oxygen atoms in total. The Bertz CT molecular complexity index is 606. The molecule has 0 aliphatic rings. The van der Waals surface area contributed by atoms with E-state index in [0.29, 0.717) is 10.5 Å². The lowest BCUT2D eigenvalue weighted by atomic mass is 10.0. The van der Waals surface area contributed by atoms with Gasteiger partial charge in [0.15, 0.2) is 0 Å². The summed E-state index contributed by atoms with van der Waals surface area (Å²) in [5.41, 5.74) is -1.57. The fourth-order valence-electron chi connectivity index (χ4n) is 1.87. The number of nitrogens with zero attached hydrogens (tertiary/aromatic N) is 1. The number of carbonyl (C=O) groups is 2. The number of carboxylic acid groups (broad SMARTS) is 2. The number of para-hydroxylation sites is 1. The van der Waals surface area contributed by atoms with Gasteiger partial charge < -0.3 is 14.9 Å². The number of ether oxygens (including phenoxy) is 1. The second-order valence-corrected chi connectivity index (χ2v) is 5.24. The molecule has 1 heterocycles. The zero-order chi connectivity index (χ0) is 18.8. The number of thiazole rings is 1. The van der Waals surface area contributed by atoms with Crippen LogP contribution >= 0.6 is 11.3 Å². The van der Waals surface area contributed by atoms with Gasteiger partial charge in [-0.3, -0.25) is 0 Å². The monoisotopic (exact) mass is 355 g/mol. The topological polar surface area (TPSA) is 96.7 Å². The smallest absolute Gasteiger partial charge is 0.348 e. The Labute approximate surface area is 146 Å². The van der Waals surface area contributed by atoms with Crippen molar-refractivity contribution in [3.8, 4) is 0 Å². The van der Waals surface area contributed by atoms with Crippen molar-refractivity contribution in [1.82, 2.24) is 4.98 Å². The van der Waals surface area contributed by atoms with Crippen LogP contribution < -0.4 is 0 Å². The molecule has 2 N–H and O–H groups in total. The molecule has 1 aromatic heterocycles. The van der Waals surface area contributed by atoms with Crippen molar-refractivity contribution in [2.75, 3.05) is 6.61 Å². The molecule has 0 fully saturated rings. The first-order chi connectivity index (χ1) is 11.5. The molecular formula is C17H25NO5S. The van der Waals surface area contributed by atoms with Gasteiger partial charge in [0.25, 0.3) is 5.60 Å². The van der Waals surface area contributed by atoms with Crippen LogP contribution in [0.5, 0.6) is 0 Å². The highest BCUT2D eigenvalue weighted by molar-refractivity contribution is 7.18. The van der Waals surface area contributed by atoms with Gasteiger partial charge >= 0.3 is 11.9 Å². The fourth-order valence-corrected chi connectivity index (χ4v) is 2.91. The molecule has 0 radical (unpaired) electrons. The molecule has 0 aliphatic heterocycles. The molecule has 0 spiro atoms. The Morgan fingerprint density at radius 2 is 1.67 bits per heavy atom. The van der Waals surface area contributed by atoms with Crippen molar-refractivity contribution in [2.24, 2.45) is 0 Å². The maximum Gasteiger partial charge on any atom is 0.348 e. The van der Waals surface area contributed by atoms with E-state index in [4.69, 9.17) is 4.74 Å². The van der Waals surface area contributed by atoms with Gasteiger partial charge in [-0.1, -0.05) is 39.8 Å². The van der Waals surface area contributed by atoms with E-state index in [1.165, 1.54) is 11.3 Å². The second-order valence-electron chi connectivity index (χ2n) is 4.12. The number of rotatable bonds is 6. The lowest BCUT2D eigenvalue weighted by Gasteiger charge is -2.23. The molecule has 0 amide bonds. The summed E-state index contributed by atoms with van der Waals surface area (Å²) in [6.45, 7) is 9.54. The molecule has 0 aliphatic carbocycles. The van der Waals surface area contributed by atoms with Crippen LogP contribution in [0.3, 0.4) is 0 Å². The van der Waals surface area contributed by atoms with Gasteiger partial charge in [0.1, 0.15) is 0 Å². The summed E-state index contributed by atoms with van der Waals surface area (Å²) in [6.07, 6.45) is -0.301. The highest BCUT2D eigenvalue weighted by Gasteiger charge is 2.48. The minimum absolute atomic E-state index is 0.0104. The normalized spacial score (nSPS) is 10.2. The van der Waals surface area contributed by atoms with Crippen LogP contribution in [0.25, 0.3) is 10.2 Å². The molecular weight excluding hydrogens is 330 g/mol. The highest BCUT2D eigenvalue weighted by Crippen LogP contribution is 2.27. The first-order valence-corrected chi connectivity index (χ1v) is 8.76. The average Bonchev–Trinajstić information content (AvgIpc) is 2.99. The molecule has 1 aromatic carbocycles.